The molecule has 1 aromatic carbocycles. The van der Waals surface area contributed by atoms with Crippen LogP contribution < -0.4 is 10.9 Å². The second kappa shape index (κ2) is 4.97. The number of nitrogens with one attached hydrogen (secondary N) is 1. The van der Waals surface area contributed by atoms with Gasteiger partial charge < -0.3 is 9.73 Å². The highest BCUT2D eigenvalue weighted by Crippen LogP contribution is 2.29. The molecule has 1 amide bonds. The first-order valence-electron chi connectivity index (χ1n) is 5.86. The predicted molar refractivity (Wildman–Crippen MR) is 75.0 cm³/mol. The average molecular weight is 287 g/mol. The van der Waals surface area contributed by atoms with Gasteiger partial charge in [0.1, 0.15) is 11.4 Å². The SMILES string of the molecule is O=C(Nc1cc2c(oc1=O)CSC2=O)c1ccccc1. The molecule has 0 atom stereocenters. The second-order valence-corrected chi connectivity index (χ2v) is 5.13. The van der Waals surface area contributed by atoms with Crippen molar-refractivity contribution in [1.29, 1.82) is 0 Å². The lowest BCUT2D eigenvalue weighted by Gasteiger charge is -2.05. The number of rotatable bonds is 2. The van der Waals surface area contributed by atoms with Gasteiger partial charge in [-0.1, -0.05) is 30.0 Å². The number of anilines is 1. The van der Waals surface area contributed by atoms with Crippen molar-refractivity contribution in [2.24, 2.45) is 0 Å². The minimum atomic E-state index is -0.650. The zero-order valence-corrected chi connectivity index (χ0v) is 11.0. The van der Waals surface area contributed by atoms with E-state index in [1.807, 2.05) is 0 Å². The highest BCUT2D eigenvalue weighted by Gasteiger charge is 2.25. The van der Waals surface area contributed by atoms with Gasteiger partial charge >= 0.3 is 5.63 Å². The van der Waals surface area contributed by atoms with Gasteiger partial charge in [-0.15, -0.1) is 0 Å². The molecule has 0 radical (unpaired) electrons. The Morgan fingerprint density at radius 1 is 1.20 bits per heavy atom. The topological polar surface area (TPSA) is 76.4 Å². The van der Waals surface area contributed by atoms with Crippen molar-refractivity contribution in [3.05, 3.63) is 63.7 Å². The van der Waals surface area contributed by atoms with Crippen LogP contribution in [0.2, 0.25) is 0 Å². The lowest BCUT2D eigenvalue weighted by Crippen LogP contribution is -2.18. The van der Waals surface area contributed by atoms with Crippen LogP contribution >= 0.6 is 11.8 Å². The van der Waals surface area contributed by atoms with Crippen molar-refractivity contribution in [2.75, 3.05) is 5.32 Å². The van der Waals surface area contributed by atoms with Gasteiger partial charge in [0, 0.05) is 5.56 Å². The monoisotopic (exact) mass is 287 g/mol. The maximum Gasteiger partial charge on any atom is 0.359 e. The molecule has 6 heteroatoms. The largest absolute Gasteiger partial charge is 0.425 e. The summed E-state index contributed by atoms with van der Waals surface area (Å²) < 4.78 is 5.05. The van der Waals surface area contributed by atoms with Gasteiger partial charge in [-0.05, 0) is 18.2 Å². The molecule has 0 spiro atoms. The number of hydrogen-bond donors (Lipinski definition) is 1. The molecule has 1 aliphatic rings. The van der Waals surface area contributed by atoms with E-state index in [1.165, 1.54) is 6.07 Å². The van der Waals surface area contributed by atoms with E-state index in [0.717, 1.165) is 11.8 Å². The number of benzene rings is 1. The lowest BCUT2D eigenvalue weighted by molar-refractivity contribution is 0.102. The number of amides is 1. The molecule has 2 heterocycles. The first-order valence-corrected chi connectivity index (χ1v) is 6.84. The number of hydrogen-bond acceptors (Lipinski definition) is 5. The third-order valence-corrected chi connectivity index (χ3v) is 3.75. The summed E-state index contributed by atoms with van der Waals surface area (Å²) in [5.41, 5.74) is 0.0999. The van der Waals surface area contributed by atoms with Gasteiger partial charge in [0.25, 0.3) is 5.91 Å². The Balaban J connectivity index is 1.92. The molecule has 1 N–H and O–H groups in total. The highest BCUT2D eigenvalue weighted by molar-refractivity contribution is 8.13. The minimum Gasteiger partial charge on any atom is -0.425 e. The molecule has 0 unspecified atom stereocenters. The Bertz CT molecular complexity index is 752. The van der Waals surface area contributed by atoms with Crippen LogP contribution in [0.4, 0.5) is 5.69 Å². The van der Waals surface area contributed by atoms with Crippen LogP contribution in [0, 0.1) is 0 Å². The summed E-state index contributed by atoms with van der Waals surface area (Å²) in [7, 11) is 0. The standard InChI is InChI=1S/C14H9NO4S/c16-12(8-4-2-1-3-5-8)15-10-6-9-11(19-13(10)17)7-20-14(9)18/h1-6H,7H2,(H,15,16). The second-order valence-electron chi connectivity index (χ2n) is 4.18. The molecule has 0 saturated carbocycles. The van der Waals surface area contributed by atoms with Gasteiger partial charge in [-0.25, -0.2) is 4.79 Å². The van der Waals surface area contributed by atoms with E-state index in [4.69, 9.17) is 4.42 Å². The Labute approximate surface area is 118 Å². The number of carbonyl (C=O) groups is 2. The normalized spacial score (nSPS) is 13.1. The van der Waals surface area contributed by atoms with Crippen molar-refractivity contribution in [3.63, 3.8) is 0 Å². The molecule has 20 heavy (non-hydrogen) atoms. The van der Waals surface area contributed by atoms with Crippen LogP contribution in [0.5, 0.6) is 0 Å². The summed E-state index contributed by atoms with van der Waals surface area (Å²) in [5.74, 6) is 0.301. The first kappa shape index (κ1) is 12.7. The van der Waals surface area contributed by atoms with E-state index in [2.05, 4.69) is 5.32 Å². The third-order valence-electron chi connectivity index (χ3n) is 2.86. The molecule has 2 aromatic rings. The van der Waals surface area contributed by atoms with E-state index in [9.17, 15) is 14.4 Å². The minimum absolute atomic E-state index is 0.0200. The molecular formula is C14H9NO4S. The molecule has 1 aliphatic heterocycles. The van der Waals surface area contributed by atoms with Crippen molar-refractivity contribution < 1.29 is 14.0 Å². The smallest absolute Gasteiger partial charge is 0.359 e. The third kappa shape index (κ3) is 2.25. The fourth-order valence-corrected chi connectivity index (χ4v) is 2.67. The van der Waals surface area contributed by atoms with Crippen molar-refractivity contribution in [1.82, 2.24) is 0 Å². The summed E-state index contributed by atoms with van der Waals surface area (Å²) >= 11 is 1.07. The summed E-state index contributed by atoms with van der Waals surface area (Å²) in [4.78, 5) is 35.3. The molecule has 3 rings (SSSR count). The van der Waals surface area contributed by atoms with Gasteiger partial charge in [0.15, 0.2) is 0 Å². The summed E-state index contributed by atoms with van der Waals surface area (Å²) in [5, 5.41) is 2.32. The maximum atomic E-state index is 12.0. The fourth-order valence-electron chi connectivity index (χ4n) is 1.87. The van der Waals surface area contributed by atoms with E-state index in [0.29, 0.717) is 22.6 Å². The summed E-state index contributed by atoms with van der Waals surface area (Å²) in [6, 6.07) is 9.87. The first-order chi connectivity index (χ1) is 9.65. The molecule has 0 fully saturated rings. The maximum absolute atomic E-state index is 12.0. The zero-order valence-electron chi connectivity index (χ0n) is 10.2. The van der Waals surface area contributed by atoms with Crippen molar-refractivity contribution in [2.45, 2.75) is 5.75 Å². The van der Waals surface area contributed by atoms with E-state index in [-0.39, 0.29) is 10.8 Å². The quantitative estimate of drug-likeness (QED) is 0.917. The number of fused-ring (bicyclic) bond motifs is 1. The molecule has 100 valence electrons. The molecule has 1 aromatic heterocycles. The Morgan fingerprint density at radius 2 is 1.95 bits per heavy atom. The zero-order chi connectivity index (χ0) is 14.1. The van der Waals surface area contributed by atoms with Crippen molar-refractivity contribution in [3.8, 4) is 0 Å². The van der Waals surface area contributed by atoms with Gasteiger partial charge in [0.2, 0.25) is 5.12 Å². The number of thioether (sulfide) groups is 1. The van der Waals surface area contributed by atoms with Gasteiger partial charge in [-0.3, -0.25) is 9.59 Å². The van der Waals surface area contributed by atoms with Crippen LogP contribution in [0.1, 0.15) is 26.5 Å². The van der Waals surface area contributed by atoms with E-state index >= 15 is 0 Å². The van der Waals surface area contributed by atoms with E-state index < -0.39 is 11.5 Å². The highest BCUT2D eigenvalue weighted by atomic mass is 32.2. The van der Waals surface area contributed by atoms with Crippen LogP contribution in [0.3, 0.4) is 0 Å². The molecule has 5 nitrogen and oxygen atoms in total. The predicted octanol–water partition coefficient (Wildman–Crippen LogP) is 2.28. The summed E-state index contributed by atoms with van der Waals surface area (Å²) in [6.07, 6.45) is 0. The van der Waals surface area contributed by atoms with Crippen LogP contribution in [0.15, 0.2) is 45.6 Å². The molecule has 0 aliphatic carbocycles. The van der Waals surface area contributed by atoms with Crippen molar-refractivity contribution >= 4 is 28.5 Å². The Morgan fingerprint density at radius 3 is 2.70 bits per heavy atom. The van der Waals surface area contributed by atoms with Gasteiger partial charge in [0.05, 0.1) is 11.3 Å². The average Bonchev–Trinajstić information content (AvgIpc) is 2.81. The molecular weight excluding hydrogens is 278 g/mol. The van der Waals surface area contributed by atoms with Crippen LogP contribution in [-0.4, -0.2) is 11.0 Å². The Hall–Kier alpha value is -2.34. The molecule has 0 bridgehead atoms. The summed E-state index contributed by atoms with van der Waals surface area (Å²) in [6.45, 7) is 0. The lowest BCUT2D eigenvalue weighted by atomic mass is 10.2. The number of carbonyl (C=O) groups excluding carboxylic acids is 2. The Kier molecular flexibility index (Phi) is 3.15. The van der Waals surface area contributed by atoms with Gasteiger partial charge in [-0.2, -0.15) is 0 Å². The van der Waals surface area contributed by atoms with Crippen LogP contribution in [-0.2, 0) is 5.75 Å². The van der Waals surface area contributed by atoms with Crippen LogP contribution in [0.25, 0.3) is 0 Å². The van der Waals surface area contributed by atoms with E-state index in [1.54, 1.807) is 30.3 Å². The fraction of sp³-hybridized carbons (Fsp3) is 0.0714. The molecule has 0 saturated heterocycles.